The van der Waals surface area contributed by atoms with Crippen molar-refractivity contribution in [1.29, 1.82) is 0 Å². The second-order valence-corrected chi connectivity index (χ2v) is 12.7. The highest BCUT2D eigenvalue weighted by Gasteiger charge is 2.32. The van der Waals surface area contributed by atoms with Crippen LogP contribution in [0.2, 0.25) is 0 Å². The minimum atomic E-state index is -0.692. The quantitative estimate of drug-likeness (QED) is 0.0396. The number of rotatable bonds is 25. The van der Waals surface area contributed by atoms with E-state index < -0.39 is 18.1 Å². The third-order valence-electron chi connectivity index (χ3n) is 8.35. The molecule has 0 aromatic heterocycles. The van der Waals surface area contributed by atoms with E-state index in [2.05, 4.69) is 72.1 Å². The predicted molar refractivity (Wildman–Crippen MR) is 229 cm³/mol. The van der Waals surface area contributed by atoms with E-state index in [1.54, 1.807) is 38.2 Å². The molecule has 0 fully saturated rings. The number of hydrogen-bond acceptors (Lipinski definition) is 7. The van der Waals surface area contributed by atoms with Crippen molar-refractivity contribution in [3.63, 3.8) is 0 Å². The number of likely N-dealkylation sites (N-methyl/N-ethyl adjacent to an activating group) is 5. The van der Waals surface area contributed by atoms with Gasteiger partial charge in [0.15, 0.2) is 0 Å². The molecule has 1 aromatic carbocycles. The number of amides is 3. The van der Waals surface area contributed by atoms with Crippen LogP contribution in [-0.2, 0) is 20.8 Å². The third-order valence-corrected chi connectivity index (χ3v) is 8.35. The smallest absolute Gasteiger partial charge is 0.243 e. The standard InChI is InChI=1S/C33H53N5O3.C5H14N2.C3H6.C2H6/c1-8-10-11-15-21-31(39)36-22-17-16-20-30(32(40)37-28(26(4)34-5)23-25(3)9-2)38(7)33(41)29(35-6)24-27-18-13-12-14-19-27;1-5(7-3)4-6-2;1-3-2;1-2/h9,12-14,18-19,28-30,34-35H,2-4,8,10-11,15-17,20-24H2,1,5-7H3,(H,36,39)(H,37,40);5-7H,4H2,1-3H3;3H,1H2,2H3;1-2H3. The molecule has 0 heterocycles. The van der Waals surface area contributed by atoms with Gasteiger partial charge in [-0.25, -0.2) is 0 Å². The Labute approximate surface area is 325 Å². The molecule has 0 aliphatic rings. The summed E-state index contributed by atoms with van der Waals surface area (Å²) in [5.74, 6) is -0.346. The van der Waals surface area contributed by atoms with Gasteiger partial charge in [0.2, 0.25) is 17.7 Å². The molecule has 1 rings (SSSR count). The molecule has 53 heavy (non-hydrogen) atoms. The zero-order chi connectivity index (χ0) is 41.0. The van der Waals surface area contributed by atoms with Crippen LogP contribution in [0, 0.1) is 0 Å². The molecule has 0 radical (unpaired) electrons. The van der Waals surface area contributed by atoms with Crippen LogP contribution in [0.15, 0.2) is 80.1 Å². The van der Waals surface area contributed by atoms with Crippen LogP contribution in [0.25, 0.3) is 0 Å². The molecule has 10 heteroatoms. The van der Waals surface area contributed by atoms with Crippen molar-refractivity contribution in [2.24, 2.45) is 0 Å². The van der Waals surface area contributed by atoms with Crippen LogP contribution in [0.4, 0.5) is 0 Å². The van der Waals surface area contributed by atoms with Gasteiger partial charge in [-0.05, 0) is 79.1 Å². The van der Waals surface area contributed by atoms with E-state index in [4.69, 9.17) is 0 Å². The molecule has 0 aliphatic carbocycles. The molecule has 1 aromatic rings. The Morgan fingerprint density at radius 1 is 0.887 bits per heavy atom. The summed E-state index contributed by atoms with van der Waals surface area (Å²) >= 11 is 0. The van der Waals surface area contributed by atoms with Crippen molar-refractivity contribution in [3.05, 3.63) is 85.6 Å². The normalized spacial score (nSPS) is 12.2. The lowest BCUT2D eigenvalue weighted by atomic mass is 10.0. The summed E-state index contributed by atoms with van der Waals surface area (Å²) in [5.41, 5.74) is 2.46. The van der Waals surface area contributed by atoms with Gasteiger partial charge in [-0.1, -0.05) is 108 Å². The van der Waals surface area contributed by atoms with Crippen LogP contribution in [0.1, 0.15) is 98.0 Å². The molecule has 304 valence electrons. The first-order chi connectivity index (χ1) is 25.4. The average Bonchev–Trinajstić information content (AvgIpc) is 3.17. The number of carbonyl (C=O) groups is 3. The van der Waals surface area contributed by atoms with Gasteiger partial charge >= 0.3 is 0 Å². The zero-order valence-corrected chi connectivity index (χ0v) is 35.3. The molecule has 4 atom stereocenters. The summed E-state index contributed by atoms with van der Waals surface area (Å²) in [6.45, 7) is 26.9. The summed E-state index contributed by atoms with van der Waals surface area (Å²) in [4.78, 5) is 41.0. The van der Waals surface area contributed by atoms with Crippen molar-refractivity contribution in [1.82, 2.24) is 36.8 Å². The molecule has 0 saturated heterocycles. The largest absolute Gasteiger partial charge is 0.390 e. The van der Waals surface area contributed by atoms with E-state index in [9.17, 15) is 14.4 Å². The number of carbonyl (C=O) groups excluding carboxylic acids is 3. The van der Waals surface area contributed by atoms with E-state index in [0.29, 0.717) is 56.8 Å². The Balaban J connectivity index is -0.00000180. The van der Waals surface area contributed by atoms with Crippen LogP contribution in [0.5, 0.6) is 0 Å². The lowest BCUT2D eigenvalue weighted by Gasteiger charge is -2.32. The van der Waals surface area contributed by atoms with Gasteiger partial charge in [-0.2, -0.15) is 0 Å². The molecule has 0 bridgehead atoms. The molecule has 0 aliphatic heterocycles. The lowest BCUT2D eigenvalue weighted by Crippen LogP contribution is -2.55. The average molecular weight is 742 g/mol. The number of benzene rings is 1. The van der Waals surface area contributed by atoms with Crippen molar-refractivity contribution in [2.75, 3.05) is 48.3 Å². The lowest BCUT2D eigenvalue weighted by molar-refractivity contribution is -0.141. The SMILES string of the molecule is C=CC.C=CC(=C)CC(NC(=O)C(CCCCNC(=O)CCCCCC)N(C)C(=O)C(Cc1ccccc1)NC)C(=C)NC.CC.CNCC(C)NC. The van der Waals surface area contributed by atoms with Crippen LogP contribution in [0.3, 0.4) is 0 Å². The maximum absolute atomic E-state index is 13.7. The first kappa shape index (κ1) is 53.6. The molecule has 0 saturated carbocycles. The van der Waals surface area contributed by atoms with Crippen molar-refractivity contribution in [3.8, 4) is 0 Å². The fourth-order valence-corrected chi connectivity index (χ4v) is 5.01. The van der Waals surface area contributed by atoms with Crippen molar-refractivity contribution < 1.29 is 14.4 Å². The Morgan fingerprint density at radius 2 is 1.51 bits per heavy atom. The van der Waals surface area contributed by atoms with Gasteiger partial charge in [0, 0.05) is 45.3 Å². The van der Waals surface area contributed by atoms with E-state index in [-0.39, 0.29) is 17.7 Å². The number of allylic oxidation sites excluding steroid dienone is 2. The van der Waals surface area contributed by atoms with E-state index in [1.807, 2.05) is 65.2 Å². The van der Waals surface area contributed by atoms with Gasteiger partial charge in [-0.15, -0.1) is 6.58 Å². The van der Waals surface area contributed by atoms with Crippen LogP contribution >= 0.6 is 0 Å². The van der Waals surface area contributed by atoms with Gasteiger partial charge in [0.05, 0.1) is 12.1 Å². The number of nitrogens with zero attached hydrogens (tertiary/aromatic N) is 1. The minimum absolute atomic E-state index is 0.0660. The summed E-state index contributed by atoms with van der Waals surface area (Å²) in [5, 5.41) is 18.4. The molecular formula is C43H79N7O3. The van der Waals surface area contributed by atoms with Crippen LogP contribution in [-0.4, -0.2) is 95.1 Å². The Kier molecular flexibility index (Phi) is 37.1. The first-order valence-corrected chi connectivity index (χ1v) is 19.5. The topological polar surface area (TPSA) is 127 Å². The molecule has 3 amide bonds. The summed E-state index contributed by atoms with van der Waals surface area (Å²) in [7, 11) is 9.11. The first-order valence-electron chi connectivity index (χ1n) is 19.5. The fourth-order valence-electron chi connectivity index (χ4n) is 5.01. The van der Waals surface area contributed by atoms with Gasteiger partial charge in [0.1, 0.15) is 6.04 Å². The molecular weight excluding hydrogens is 663 g/mol. The van der Waals surface area contributed by atoms with E-state index >= 15 is 0 Å². The van der Waals surface area contributed by atoms with Crippen LogP contribution < -0.4 is 31.9 Å². The van der Waals surface area contributed by atoms with Gasteiger partial charge in [-0.3, -0.25) is 14.4 Å². The predicted octanol–water partition coefficient (Wildman–Crippen LogP) is 6.28. The Bertz CT molecular complexity index is 1130. The zero-order valence-electron chi connectivity index (χ0n) is 35.3. The molecule has 10 nitrogen and oxygen atoms in total. The molecule has 4 unspecified atom stereocenters. The van der Waals surface area contributed by atoms with Crippen molar-refractivity contribution >= 4 is 17.7 Å². The molecule has 0 spiro atoms. The molecule has 6 N–H and O–H groups in total. The Morgan fingerprint density at radius 3 is 2.00 bits per heavy atom. The maximum atomic E-state index is 13.7. The van der Waals surface area contributed by atoms with Gasteiger partial charge in [0.25, 0.3) is 0 Å². The number of hydrogen-bond donors (Lipinski definition) is 6. The maximum Gasteiger partial charge on any atom is 0.243 e. The van der Waals surface area contributed by atoms with E-state index in [0.717, 1.165) is 43.4 Å². The summed E-state index contributed by atoms with van der Waals surface area (Å²) in [6, 6.07) is 8.82. The number of nitrogens with one attached hydrogen (secondary N) is 6. The van der Waals surface area contributed by atoms with Crippen molar-refractivity contribution in [2.45, 2.75) is 123 Å². The monoisotopic (exact) mass is 742 g/mol. The highest BCUT2D eigenvalue weighted by Crippen LogP contribution is 2.15. The minimum Gasteiger partial charge on any atom is -0.390 e. The summed E-state index contributed by atoms with van der Waals surface area (Å²) in [6.07, 6.45) is 11.0. The highest BCUT2D eigenvalue weighted by atomic mass is 16.2. The fraction of sp³-hybridized carbons (Fsp3) is 0.605. The second-order valence-electron chi connectivity index (χ2n) is 12.7. The second kappa shape index (κ2) is 36.6. The summed E-state index contributed by atoms with van der Waals surface area (Å²) < 4.78 is 0. The number of unbranched alkanes of at least 4 members (excludes halogenated alkanes) is 4. The Hall–Kier alpha value is -3.73. The highest BCUT2D eigenvalue weighted by molar-refractivity contribution is 5.90. The van der Waals surface area contributed by atoms with Gasteiger partial charge < -0.3 is 36.8 Å². The third kappa shape index (κ3) is 27.5. The van der Waals surface area contributed by atoms with E-state index in [1.165, 1.54) is 0 Å².